The summed E-state index contributed by atoms with van der Waals surface area (Å²) in [6.45, 7) is 2.55. The van der Waals surface area contributed by atoms with Crippen LogP contribution in [-0.2, 0) is 0 Å². The van der Waals surface area contributed by atoms with E-state index in [9.17, 15) is 9.18 Å². The maximum absolute atomic E-state index is 13.5. The van der Waals surface area contributed by atoms with Gasteiger partial charge in [0.1, 0.15) is 5.82 Å². The average Bonchev–Trinajstić information content (AvgIpc) is 3.14. The van der Waals surface area contributed by atoms with Crippen LogP contribution >= 0.6 is 0 Å². The van der Waals surface area contributed by atoms with Gasteiger partial charge in [0.15, 0.2) is 0 Å². The van der Waals surface area contributed by atoms with Gasteiger partial charge in [-0.2, -0.15) is 0 Å². The summed E-state index contributed by atoms with van der Waals surface area (Å²) < 4.78 is 13.5. The molecule has 0 unspecified atom stereocenters. The van der Waals surface area contributed by atoms with Crippen LogP contribution < -0.4 is 11.3 Å². The zero-order valence-corrected chi connectivity index (χ0v) is 9.74. The van der Waals surface area contributed by atoms with Gasteiger partial charge in [0.05, 0.1) is 11.3 Å². The van der Waals surface area contributed by atoms with Gasteiger partial charge in [-0.05, 0) is 31.9 Å². The van der Waals surface area contributed by atoms with Crippen molar-refractivity contribution in [1.82, 2.24) is 4.90 Å². The molecule has 0 spiro atoms. The summed E-state index contributed by atoms with van der Waals surface area (Å²) in [5.74, 6) is 4.59. The molecule has 92 valence electrons. The number of anilines is 1. The van der Waals surface area contributed by atoms with Gasteiger partial charge in [-0.15, -0.1) is 0 Å². The molecule has 3 N–H and O–H groups in total. The first kappa shape index (κ1) is 11.9. The molecule has 4 nitrogen and oxygen atoms in total. The molecule has 1 fully saturated rings. The Bertz CT molecular complexity index is 432. The van der Waals surface area contributed by atoms with E-state index in [0.29, 0.717) is 18.2 Å². The highest BCUT2D eigenvalue weighted by Crippen LogP contribution is 2.29. The Kier molecular flexibility index (Phi) is 3.28. The second kappa shape index (κ2) is 4.71. The summed E-state index contributed by atoms with van der Waals surface area (Å²) in [7, 11) is 0. The minimum absolute atomic E-state index is 0.0663. The van der Waals surface area contributed by atoms with Crippen LogP contribution in [0.4, 0.5) is 10.1 Å². The van der Waals surface area contributed by atoms with Gasteiger partial charge in [0.2, 0.25) is 0 Å². The van der Waals surface area contributed by atoms with Crippen molar-refractivity contribution in [2.75, 3.05) is 12.0 Å². The normalized spacial score (nSPS) is 14.5. The Hall–Kier alpha value is -1.62. The van der Waals surface area contributed by atoms with Gasteiger partial charge in [0.25, 0.3) is 5.91 Å². The van der Waals surface area contributed by atoms with Crippen LogP contribution in [-0.4, -0.2) is 23.4 Å². The van der Waals surface area contributed by atoms with E-state index >= 15 is 0 Å². The number of hydrazine groups is 1. The topological polar surface area (TPSA) is 58.4 Å². The summed E-state index contributed by atoms with van der Waals surface area (Å²) in [6.07, 6.45) is 2.06. The van der Waals surface area contributed by atoms with Crippen LogP contribution in [0.1, 0.15) is 30.1 Å². The van der Waals surface area contributed by atoms with Gasteiger partial charge < -0.3 is 10.3 Å². The molecule has 1 amide bonds. The average molecular weight is 237 g/mol. The fraction of sp³-hybridized carbons (Fsp3) is 0.417. The molecule has 1 aromatic carbocycles. The molecule has 0 heterocycles. The zero-order chi connectivity index (χ0) is 12.4. The largest absolute Gasteiger partial charge is 0.336 e. The van der Waals surface area contributed by atoms with Gasteiger partial charge in [-0.3, -0.25) is 10.6 Å². The number of nitrogens with two attached hydrogens (primary N) is 1. The summed E-state index contributed by atoms with van der Waals surface area (Å²) in [6, 6.07) is 4.69. The SMILES string of the molecule is CCN(C(=O)c1cccc(F)c1NN)C1CC1. The molecule has 5 heteroatoms. The predicted octanol–water partition coefficient (Wildman–Crippen LogP) is 1.74. The van der Waals surface area contributed by atoms with Crippen LogP contribution in [0.3, 0.4) is 0 Å². The van der Waals surface area contributed by atoms with Crippen molar-refractivity contribution in [3.63, 3.8) is 0 Å². The van der Waals surface area contributed by atoms with E-state index in [1.807, 2.05) is 6.92 Å². The second-order valence-electron chi connectivity index (χ2n) is 4.13. The molecule has 0 saturated heterocycles. The van der Waals surface area contributed by atoms with Crippen LogP contribution in [0.5, 0.6) is 0 Å². The quantitative estimate of drug-likeness (QED) is 0.619. The smallest absolute Gasteiger partial charge is 0.256 e. The van der Waals surface area contributed by atoms with E-state index in [2.05, 4.69) is 5.43 Å². The van der Waals surface area contributed by atoms with Gasteiger partial charge in [-0.1, -0.05) is 6.07 Å². The lowest BCUT2D eigenvalue weighted by molar-refractivity contribution is 0.0753. The molecule has 0 aliphatic heterocycles. The molecular formula is C12H16FN3O. The summed E-state index contributed by atoms with van der Waals surface area (Å²) in [5, 5.41) is 0. The molecule has 0 radical (unpaired) electrons. The van der Waals surface area contributed by atoms with Crippen molar-refractivity contribution in [1.29, 1.82) is 0 Å². The lowest BCUT2D eigenvalue weighted by Gasteiger charge is -2.21. The number of carbonyl (C=O) groups is 1. The number of nitrogen functional groups attached to an aromatic ring is 1. The monoisotopic (exact) mass is 237 g/mol. The molecule has 1 aliphatic rings. The number of amides is 1. The molecule has 1 aliphatic carbocycles. The van der Waals surface area contributed by atoms with Gasteiger partial charge >= 0.3 is 0 Å². The second-order valence-corrected chi connectivity index (χ2v) is 4.13. The zero-order valence-electron chi connectivity index (χ0n) is 9.74. The molecule has 0 atom stereocenters. The Morgan fingerprint density at radius 3 is 2.82 bits per heavy atom. The Balaban J connectivity index is 2.32. The van der Waals surface area contributed by atoms with E-state index in [1.165, 1.54) is 12.1 Å². The summed E-state index contributed by atoms with van der Waals surface area (Å²) in [4.78, 5) is 14.0. The third-order valence-corrected chi connectivity index (χ3v) is 2.98. The summed E-state index contributed by atoms with van der Waals surface area (Å²) in [5.41, 5.74) is 2.62. The van der Waals surface area contributed by atoms with Crippen molar-refractivity contribution < 1.29 is 9.18 Å². The van der Waals surface area contributed by atoms with Crippen molar-refractivity contribution in [3.05, 3.63) is 29.6 Å². The first-order valence-corrected chi connectivity index (χ1v) is 5.75. The number of nitrogens with zero attached hydrogens (tertiary/aromatic N) is 1. The Morgan fingerprint density at radius 2 is 2.29 bits per heavy atom. The molecule has 1 aromatic rings. The van der Waals surface area contributed by atoms with Crippen molar-refractivity contribution in [3.8, 4) is 0 Å². The van der Waals surface area contributed by atoms with Crippen LogP contribution in [0.15, 0.2) is 18.2 Å². The Labute approximate surface area is 99.6 Å². The third-order valence-electron chi connectivity index (χ3n) is 2.98. The number of rotatable bonds is 4. The van der Waals surface area contributed by atoms with Crippen molar-refractivity contribution >= 4 is 11.6 Å². The highest BCUT2D eigenvalue weighted by Gasteiger charge is 2.32. The molecule has 1 saturated carbocycles. The number of para-hydroxylation sites is 1. The minimum atomic E-state index is -0.509. The van der Waals surface area contributed by atoms with Crippen LogP contribution in [0.25, 0.3) is 0 Å². The van der Waals surface area contributed by atoms with Crippen molar-refractivity contribution in [2.45, 2.75) is 25.8 Å². The molecule has 0 bridgehead atoms. The lowest BCUT2D eigenvalue weighted by Crippen LogP contribution is -2.33. The first-order chi connectivity index (χ1) is 8.19. The fourth-order valence-corrected chi connectivity index (χ4v) is 1.96. The maximum atomic E-state index is 13.5. The number of hydrogen-bond acceptors (Lipinski definition) is 3. The highest BCUT2D eigenvalue weighted by atomic mass is 19.1. The number of hydrogen-bond donors (Lipinski definition) is 2. The fourth-order valence-electron chi connectivity index (χ4n) is 1.96. The molecule has 0 aromatic heterocycles. The number of nitrogens with one attached hydrogen (secondary N) is 1. The standard InChI is InChI=1S/C12H16FN3O/c1-2-16(8-6-7-8)12(17)9-4-3-5-10(13)11(9)15-14/h3-5,8,15H,2,6-7,14H2,1H3. The molecular weight excluding hydrogens is 221 g/mol. The number of benzene rings is 1. The Morgan fingerprint density at radius 1 is 1.59 bits per heavy atom. The van der Waals surface area contributed by atoms with E-state index in [0.717, 1.165) is 12.8 Å². The van der Waals surface area contributed by atoms with Crippen LogP contribution in [0, 0.1) is 5.82 Å². The predicted molar refractivity (Wildman–Crippen MR) is 63.9 cm³/mol. The van der Waals surface area contributed by atoms with E-state index in [1.54, 1.807) is 11.0 Å². The van der Waals surface area contributed by atoms with E-state index in [-0.39, 0.29) is 11.6 Å². The van der Waals surface area contributed by atoms with Gasteiger partial charge in [0, 0.05) is 12.6 Å². The number of halogens is 1. The molecule has 17 heavy (non-hydrogen) atoms. The summed E-state index contributed by atoms with van der Waals surface area (Å²) >= 11 is 0. The van der Waals surface area contributed by atoms with E-state index in [4.69, 9.17) is 5.84 Å². The minimum Gasteiger partial charge on any atom is -0.336 e. The van der Waals surface area contributed by atoms with Crippen molar-refractivity contribution in [2.24, 2.45) is 5.84 Å². The van der Waals surface area contributed by atoms with Crippen LogP contribution in [0.2, 0.25) is 0 Å². The van der Waals surface area contributed by atoms with E-state index < -0.39 is 5.82 Å². The molecule has 2 rings (SSSR count). The van der Waals surface area contributed by atoms with Gasteiger partial charge in [-0.25, -0.2) is 4.39 Å². The first-order valence-electron chi connectivity index (χ1n) is 5.75. The maximum Gasteiger partial charge on any atom is 0.256 e. The highest BCUT2D eigenvalue weighted by molar-refractivity contribution is 6.00. The lowest BCUT2D eigenvalue weighted by atomic mass is 10.1. The number of carbonyl (C=O) groups excluding carboxylic acids is 1. The third kappa shape index (κ3) is 2.24.